The minimum atomic E-state index is -0.328. The van der Waals surface area contributed by atoms with Crippen LogP contribution in [0.4, 0.5) is 0 Å². The largest absolute Gasteiger partial charge is 0.487 e. The van der Waals surface area contributed by atoms with Crippen molar-refractivity contribution in [1.82, 2.24) is 9.97 Å². The lowest BCUT2D eigenvalue weighted by Crippen LogP contribution is -2.37. The van der Waals surface area contributed by atoms with Crippen LogP contribution in [0.3, 0.4) is 0 Å². The van der Waals surface area contributed by atoms with E-state index in [9.17, 15) is 4.79 Å². The summed E-state index contributed by atoms with van der Waals surface area (Å²) < 4.78 is 5.81. The first-order valence-corrected chi connectivity index (χ1v) is 9.64. The van der Waals surface area contributed by atoms with Crippen LogP contribution in [0.5, 0.6) is 5.75 Å². The van der Waals surface area contributed by atoms with Crippen LogP contribution in [0.2, 0.25) is 5.15 Å². The number of halogens is 1. The number of Topliss-reactive ketones (excluding diaryl/α,β-unsaturated/α-hetero) is 1. The molecule has 1 aliphatic rings. The molecule has 0 saturated carbocycles. The van der Waals surface area contributed by atoms with Crippen LogP contribution in [-0.2, 0) is 13.0 Å². The van der Waals surface area contributed by atoms with Crippen LogP contribution in [0.1, 0.15) is 47.1 Å². The Bertz CT molecular complexity index is 1000. The number of ketones is 1. The Morgan fingerprint density at radius 2 is 1.89 bits per heavy atom. The summed E-state index contributed by atoms with van der Waals surface area (Å²) in [6.07, 6.45) is 2.37. The van der Waals surface area contributed by atoms with Gasteiger partial charge in [-0.25, -0.2) is 4.98 Å². The number of carbonyl (C=O) groups excluding carboxylic acids is 1. The zero-order valence-corrected chi connectivity index (χ0v) is 16.6. The van der Waals surface area contributed by atoms with Gasteiger partial charge in [0.25, 0.3) is 0 Å². The van der Waals surface area contributed by atoms with Crippen molar-refractivity contribution in [3.8, 4) is 5.75 Å². The molecule has 0 N–H and O–H groups in total. The van der Waals surface area contributed by atoms with Crippen LogP contribution in [0, 0.1) is 5.41 Å². The number of fused-ring (bicyclic) bond motifs is 1. The van der Waals surface area contributed by atoms with Crippen molar-refractivity contribution in [2.75, 3.05) is 0 Å². The molecule has 0 fully saturated rings. The van der Waals surface area contributed by atoms with Crippen LogP contribution >= 0.6 is 11.6 Å². The molecule has 142 valence electrons. The first-order valence-electron chi connectivity index (χ1n) is 9.26. The summed E-state index contributed by atoms with van der Waals surface area (Å²) in [6, 6.07) is 17.2. The number of benzene rings is 1. The molecule has 0 radical (unpaired) electrons. The molecule has 0 spiro atoms. The van der Waals surface area contributed by atoms with E-state index in [1.165, 1.54) is 0 Å². The van der Waals surface area contributed by atoms with Crippen molar-refractivity contribution in [2.24, 2.45) is 5.41 Å². The van der Waals surface area contributed by atoms with E-state index >= 15 is 0 Å². The molecule has 1 unspecified atom stereocenters. The molecule has 4 nitrogen and oxygen atoms in total. The molecule has 5 heteroatoms. The Labute approximate surface area is 169 Å². The first kappa shape index (κ1) is 18.6. The molecular weight excluding hydrogens is 372 g/mol. The number of carbonyl (C=O) groups is 1. The van der Waals surface area contributed by atoms with E-state index in [1.54, 1.807) is 18.3 Å². The van der Waals surface area contributed by atoms with Gasteiger partial charge in [0, 0.05) is 5.56 Å². The fourth-order valence-electron chi connectivity index (χ4n) is 3.80. The quantitative estimate of drug-likeness (QED) is 0.568. The Morgan fingerprint density at radius 3 is 2.61 bits per heavy atom. The normalized spacial score (nSPS) is 17.8. The smallest absolute Gasteiger partial charge is 0.174 e. The highest BCUT2D eigenvalue weighted by Gasteiger charge is 2.43. The Balaban J connectivity index is 1.56. The summed E-state index contributed by atoms with van der Waals surface area (Å²) in [5.74, 6) is 0.398. The summed E-state index contributed by atoms with van der Waals surface area (Å²) in [5, 5.41) is 0.416. The highest BCUT2D eigenvalue weighted by Crippen LogP contribution is 2.44. The van der Waals surface area contributed by atoms with Gasteiger partial charge in [0.1, 0.15) is 17.5 Å². The molecule has 4 rings (SSSR count). The molecule has 2 aromatic heterocycles. The summed E-state index contributed by atoms with van der Waals surface area (Å²) in [6.45, 7) is 4.63. The number of ether oxygens (including phenoxy) is 1. The second kappa shape index (κ2) is 7.36. The number of hydrogen-bond acceptors (Lipinski definition) is 4. The maximum Gasteiger partial charge on any atom is 0.174 e. The molecule has 0 amide bonds. The lowest BCUT2D eigenvalue weighted by molar-refractivity contribution is 0.0854. The fraction of sp³-hybridized carbons (Fsp3) is 0.261. The number of aromatic nitrogens is 2. The van der Waals surface area contributed by atoms with Gasteiger partial charge >= 0.3 is 0 Å². The average molecular weight is 393 g/mol. The maximum atomic E-state index is 13.2. The van der Waals surface area contributed by atoms with E-state index in [-0.39, 0.29) is 17.1 Å². The van der Waals surface area contributed by atoms with Gasteiger partial charge in [-0.3, -0.25) is 9.78 Å². The highest BCUT2D eigenvalue weighted by atomic mass is 35.5. The van der Waals surface area contributed by atoms with E-state index in [0.29, 0.717) is 29.5 Å². The van der Waals surface area contributed by atoms with Crippen LogP contribution in [-0.4, -0.2) is 15.8 Å². The molecular formula is C23H21ClN2O2. The first-order chi connectivity index (χ1) is 13.4. The highest BCUT2D eigenvalue weighted by molar-refractivity contribution is 6.29. The van der Waals surface area contributed by atoms with Crippen LogP contribution in [0.15, 0.2) is 60.8 Å². The Morgan fingerprint density at radius 1 is 1.11 bits per heavy atom. The summed E-state index contributed by atoms with van der Waals surface area (Å²) in [5.41, 5.74) is 2.95. The van der Waals surface area contributed by atoms with E-state index in [1.807, 2.05) is 42.5 Å². The number of rotatable bonds is 4. The van der Waals surface area contributed by atoms with Gasteiger partial charge in [0.05, 0.1) is 23.5 Å². The minimum absolute atomic E-state index is 0.0425. The number of nitrogens with zero attached hydrogens (tertiary/aromatic N) is 2. The molecule has 0 aliphatic heterocycles. The molecule has 1 aromatic carbocycles. The van der Waals surface area contributed by atoms with Gasteiger partial charge < -0.3 is 4.74 Å². The average Bonchev–Trinajstić information content (AvgIpc) is 2.67. The second-order valence-corrected chi connectivity index (χ2v) is 8.17. The lowest BCUT2D eigenvalue weighted by atomic mass is 9.66. The molecule has 0 saturated heterocycles. The van der Waals surface area contributed by atoms with Gasteiger partial charge in [-0.15, -0.1) is 0 Å². The topological polar surface area (TPSA) is 52.1 Å². The van der Waals surface area contributed by atoms with E-state index in [0.717, 1.165) is 17.0 Å². The number of pyridine rings is 2. The standard InChI is InChI=1S/C23H21ClN2O2/c1-23(2)12-19-17(9-11-20(24)26-19)22(27)21(23)18-10-8-16(13-25-18)28-14-15-6-4-3-5-7-15/h3-11,13,21H,12,14H2,1-2H3. The van der Waals surface area contributed by atoms with Crippen molar-refractivity contribution in [1.29, 1.82) is 0 Å². The van der Waals surface area contributed by atoms with Gasteiger partial charge in [-0.2, -0.15) is 0 Å². The van der Waals surface area contributed by atoms with Crippen molar-refractivity contribution in [3.63, 3.8) is 0 Å². The zero-order chi connectivity index (χ0) is 19.7. The SMILES string of the molecule is CC1(C)Cc2nc(Cl)ccc2C(=O)C1c1ccc(OCc2ccccc2)cn1. The van der Waals surface area contributed by atoms with Crippen molar-refractivity contribution in [3.05, 3.63) is 88.5 Å². The Kier molecular flexibility index (Phi) is 4.90. The second-order valence-electron chi connectivity index (χ2n) is 7.78. The Hall–Kier alpha value is -2.72. The van der Waals surface area contributed by atoms with Crippen molar-refractivity contribution in [2.45, 2.75) is 32.8 Å². The van der Waals surface area contributed by atoms with Gasteiger partial charge in [0.2, 0.25) is 0 Å². The molecule has 28 heavy (non-hydrogen) atoms. The van der Waals surface area contributed by atoms with Crippen LogP contribution < -0.4 is 4.74 Å². The van der Waals surface area contributed by atoms with E-state index < -0.39 is 0 Å². The third-order valence-corrected chi connectivity index (χ3v) is 5.39. The molecule has 1 atom stereocenters. The third kappa shape index (κ3) is 3.65. The van der Waals surface area contributed by atoms with Crippen LogP contribution in [0.25, 0.3) is 0 Å². The minimum Gasteiger partial charge on any atom is -0.487 e. The summed E-state index contributed by atoms with van der Waals surface area (Å²) in [4.78, 5) is 22.1. The molecule has 1 aliphatic carbocycles. The van der Waals surface area contributed by atoms with Crippen molar-refractivity contribution >= 4 is 17.4 Å². The summed E-state index contributed by atoms with van der Waals surface area (Å²) in [7, 11) is 0. The molecule has 0 bridgehead atoms. The van der Waals surface area contributed by atoms with Gasteiger partial charge in [0.15, 0.2) is 5.78 Å². The molecule has 3 aromatic rings. The number of hydrogen-bond donors (Lipinski definition) is 0. The van der Waals surface area contributed by atoms with Crippen molar-refractivity contribution < 1.29 is 9.53 Å². The van der Waals surface area contributed by atoms with Gasteiger partial charge in [-0.05, 0) is 41.7 Å². The van der Waals surface area contributed by atoms with Gasteiger partial charge in [-0.1, -0.05) is 55.8 Å². The predicted molar refractivity (Wildman–Crippen MR) is 109 cm³/mol. The maximum absolute atomic E-state index is 13.2. The predicted octanol–water partition coefficient (Wildman–Crippen LogP) is 5.26. The molecule has 2 heterocycles. The lowest BCUT2D eigenvalue weighted by Gasteiger charge is -2.37. The van der Waals surface area contributed by atoms with E-state index in [4.69, 9.17) is 16.3 Å². The zero-order valence-electron chi connectivity index (χ0n) is 15.9. The third-order valence-electron chi connectivity index (χ3n) is 5.18. The summed E-state index contributed by atoms with van der Waals surface area (Å²) >= 11 is 6.01. The van der Waals surface area contributed by atoms with E-state index in [2.05, 4.69) is 23.8 Å². The monoisotopic (exact) mass is 392 g/mol. The fourth-order valence-corrected chi connectivity index (χ4v) is 3.97.